The lowest BCUT2D eigenvalue weighted by Crippen LogP contribution is -2.30. The number of halogens is 6. The van der Waals surface area contributed by atoms with Gasteiger partial charge in [0.1, 0.15) is 0 Å². The van der Waals surface area contributed by atoms with Gasteiger partial charge in [-0.05, 0) is 53.9 Å². The maximum absolute atomic E-state index is 13.1. The van der Waals surface area contributed by atoms with Gasteiger partial charge in [0, 0.05) is 34.4 Å². The van der Waals surface area contributed by atoms with Crippen LogP contribution in [0.2, 0.25) is 0 Å². The average molecular weight is 503 g/mol. The molecule has 0 spiro atoms. The fourth-order valence-corrected chi connectivity index (χ4v) is 4.51. The Kier molecular flexibility index (Phi) is 5.78. The molecule has 1 amide bonds. The Morgan fingerprint density at radius 1 is 0.861 bits per heavy atom. The average Bonchev–Trinajstić information content (AvgIpc) is 3.22. The van der Waals surface area contributed by atoms with Gasteiger partial charge >= 0.3 is 12.4 Å². The molecule has 0 radical (unpaired) electrons. The lowest BCUT2D eigenvalue weighted by Gasteiger charge is -2.25. The van der Waals surface area contributed by atoms with Crippen LogP contribution in [-0.2, 0) is 18.8 Å². The van der Waals surface area contributed by atoms with Crippen molar-refractivity contribution in [1.82, 2.24) is 10.3 Å². The quantitative estimate of drug-likeness (QED) is 0.273. The molecule has 0 aliphatic carbocycles. The number of alkyl halides is 6. The van der Waals surface area contributed by atoms with Gasteiger partial charge in [-0.1, -0.05) is 30.3 Å². The minimum atomic E-state index is -5.04. The van der Waals surface area contributed by atoms with Crippen LogP contribution in [0, 0.1) is 0 Å². The standard InChI is InChI=1S/C26H19F6N3O/c27-25(28,29)16-11-15(12-17(13-16)26(30,31)32)24(36)34-18-7-5-14(6-8-18)22-23-20(9-10-33-22)19-3-1-2-4-21(19)35-23/h1-8,11-13,22,33,35H,9-10H2,(H,34,36). The monoisotopic (exact) mass is 503 g/mol. The van der Waals surface area contributed by atoms with Crippen molar-refractivity contribution in [2.45, 2.75) is 24.8 Å². The molecular formula is C26H19F6N3O. The number of amides is 1. The normalized spacial score (nSPS) is 16.1. The highest BCUT2D eigenvalue weighted by Crippen LogP contribution is 2.37. The van der Waals surface area contributed by atoms with E-state index in [1.807, 2.05) is 18.2 Å². The number of anilines is 1. The molecule has 3 N–H and O–H groups in total. The highest BCUT2D eigenvalue weighted by molar-refractivity contribution is 6.04. The van der Waals surface area contributed by atoms with Gasteiger partial charge in [0.25, 0.3) is 5.91 Å². The molecule has 2 heterocycles. The van der Waals surface area contributed by atoms with Crippen LogP contribution in [0.25, 0.3) is 10.9 Å². The highest BCUT2D eigenvalue weighted by atomic mass is 19.4. The first kappa shape index (κ1) is 23.9. The summed E-state index contributed by atoms with van der Waals surface area (Å²) in [6.07, 6.45) is -9.21. The van der Waals surface area contributed by atoms with E-state index in [1.54, 1.807) is 24.3 Å². The second kappa shape index (κ2) is 8.70. The SMILES string of the molecule is O=C(Nc1ccc(C2NCCc3c2[nH]c2ccccc32)cc1)c1cc(C(F)(F)F)cc(C(F)(F)F)c1. The summed E-state index contributed by atoms with van der Waals surface area (Å²) in [7, 11) is 0. The van der Waals surface area contributed by atoms with Gasteiger partial charge in [0.05, 0.1) is 17.2 Å². The van der Waals surface area contributed by atoms with Crippen molar-refractivity contribution >= 4 is 22.5 Å². The van der Waals surface area contributed by atoms with Crippen molar-refractivity contribution in [3.05, 3.63) is 100 Å². The molecule has 186 valence electrons. The van der Waals surface area contributed by atoms with Crippen LogP contribution in [0.4, 0.5) is 32.0 Å². The second-order valence-electron chi connectivity index (χ2n) is 8.57. The number of benzene rings is 3. The van der Waals surface area contributed by atoms with E-state index < -0.39 is 35.0 Å². The molecule has 1 aliphatic heterocycles. The van der Waals surface area contributed by atoms with Gasteiger partial charge in [-0.3, -0.25) is 4.79 Å². The minimum Gasteiger partial charge on any atom is -0.357 e. The van der Waals surface area contributed by atoms with Crippen LogP contribution in [0.15, 0.2) is 66.7 Å². The molecule has 0 saturated heterocycles. The number of nitrogens with one attached hydrogen (secondary N) is 3. The molecule has 5 rings (SSSR count). The minimum absolute atomic E-state index is 0.0129. The lowest BCUT2D eigenvalue weighted by molar-refractivity contribution is -0.143. The number of para-hydroxylation sites is 1. The molecule has 3 aromatic carbocycles. The summed E-state index contributed by atoms with van der Waals surface area (Å²) in [5.41, 5.74) is 0.573. The van der Waals surface area contributed by atoms with Crippen molar-refractivity contribution < 1.29 is 31.1 Å². The summed E-state index contributed by atoms with van der Waals surface area (Å²) >= 11 is 0. The zero-order valence-corrected chi connectivity index (χ0v) is 18.5. The van der Waals surface area contributed by atoms with Gasteiger partial charge in [-0.25, -0.2) is 0 Å². The van der Waals surface area contributed by atoms with E-state index in [1.165, 1.54) is 5.56 Å². The molecular weight excluding hydrogens is 484 g/mol. The van der Waals surface area contributed by atoms with Crippen LogP contribution < -0.4 is 10.6 Å². The fourth-order valence-electron chi connectivity index (χ4n) is 4.51. The molecule has 1 aromatic heterocycles. The van der Waals surface area contributed by atoms with Crippen molar-refractivity contribution in [2.75, 3.05) is 11.9 Å². The van der Waals surface area contributed by atoms with Crippen molar-refractivity contribution in [3.63, 3.8) is 0 Å². The topological polar surface area (TPSA) is 56.9 Å². The van der Waals surface area contributed by atoms with E-state index in [0.717, 1.165) is 35.1 Å². The van der Waals surface area contributed by atoms with E-state index in [9.17, 15) is 31.1 Å². The third kappa shape index (κ3) is 4.56. The van der Waals surface area contributed by atoms with E-state index in [0.29, 0.717) is 12.1 Å². The Balaban J connectivity index is 1.39. The Morgan fingerprint density at radius 3 is 2.14 bits per heavy atom. The maximum atomic E-state index is 13.1. The molecule has 1 aliphatic rings. The summed E-state index contributed by atoms with van der Waals surface area (Å²) in [4.78, 5) is 16.0. The molecule has 4 aromatic rings. The van der Waals surface area contributed by atoms with Crippen LogP contribution in [0.1, 0.15) is 44.3 Å². The third-order valence-electron chi connectivity index (χ3n) is 6.21. The Morgan fingerprint density at radius 2 is 1.50 bits per heavy atom. The first-order valence-electron chi connectivity index (χ1n) is 11.0. The van der Waals surface area contributed by atoms with Gasteiger partial charge in [0.2, 0.25) is 0 Å². The molecule has 0 fully saturated rings. The number of H-pyrrole nitrogens is 1. The van der Waals surface area contributed by atoms with Crippen molar-refractivity contribution in [3.8, 4) is 0 Å². The van der Waals surface area contributed by atoms with Gasteiger partial charge in [-0.2, -0.15) is 26.3 Å². The summed E-state index contributed by atoms with van der Waals surface area (Å²) in [5, 5.41) is 6.99. The van der Waals surface area contributed by atoms with E-state index in [2.05, 4.69) is 21.7 Å². The zero-order valence-electron chi connectivity index (χ0n) is 18.5. The van der Waals surface area contributed by atoms with E-state index in [-0.39, 0.29) is 17.8 Å². The van der Waals surface area contributed by atoms with Gasteiger partial charge in [0.15, 0.2) is 0 Å². The number of aromatic amines is 1. The molecule has 4 nitrogen and oxygen atoms in total. The summed E-state index contributed by atoms with van der Waals surface area (Å²) in [6.45, 7) is 0.759. The maximum Gasteiger partial charge on any atom is 0.416 e. The summed E-state index contributed by atoms with van der Waals surface area (Å²) < 4.78 is 78.7. The third-order valence-corrected chi connectivity index (χ3v) is 6.21. The molecule has 1 unspecified atom stereocenters. The van der Waals surface area contributed by atoms with Crippen molar-refractivity contribution in [2.24, 2.45) is 0 Å². The highest BCUT2D eigenvalue weighted by Gasteiger charge is 2.37. The van der Waals surface area contributed by atoms with E-state index in [4.69, 9.17) is 0 Å². The van der Waals surface area contributed by atoms with Crippen LogP contribution in [-0.4, -0.2) is 17.4 Å². The number of rotatable bonds is 3. The number of hydrogen-bond acceptors (Lipinski definition) is 2. The van der Waals surface area contributed by atoms with Crippen LogP contribution in [0.3, 0.4) is 0 Å². The number of carbonyl (C=O) groups excluding carboxylic acids is 1. The van der Waals surface area contributed by atoms with Crippen LogP contribution >= 0.6 is 0 Å². The fraction of sp³-hybridized carbons (Fsp3) is 0.192. The van der Waals surface area contributed by atoms with Crippen LogP contribution in [0.5, 0.6) is 0 Å². The summed E-state index contributed by atoms with van der Waals surface area (Å²) in [5.74, 6) is -1.08. The molecule has 1 atom stereocenters. The Labute approximate surface area is 201 Å². The predicted molar refractivity (Wildman–Crippen MR) is 123 cm³/mol. The molecule has 0 bridgehead atoms. The second-order valence-corrected chi connectivity index (χ2v) is 8.57. The number of aromatic nitrogens is 1. The predicted octanol–water partition coefficient (Wildman–Crippen LogP) is 6.69. The Hall–Kier alpha value is -3.79. The number of carbonyl (C=O) groups is 1. The summed E-state index contributed by atoms with van der Waals surface area (Å²) in [6, 6.07) is 15.3. The number of fused-ring (bicyclic) bond motifs is 3. The van der Waals surface area contributed by atoms with E-state index >= 15 is 0 Å². The largest absolute Gasteiger partial charge is 0.416 e. The molecule has 0 saturated carbocycles. The molecule has 10 heteroatoms. The zero-order chi connectivity index (χ0) is 25.7. The first-order chi connectivity index (χ1) is 17.0. The van der Waals surface area contributed by atoms with Gasteiger partial charge < -0.3 is 15.6 Å². The molecule has 36 heavy (non-hydrogen) atoms. The lowest BCUT2D eigenvalue weighted by atomic mass is 9.94. The first-order valence-corrected chi connectivity index (χ1v) is 11.0. The number of hydrogen-bond donors (Lipinski definition) is 3. The smallest absolute Gasteiger partial charge is 0.357 e. The van der Waals surface area contributed by atoms with Gasteiger partial charge in [-0.15, -0.1) is 0 Å². The Bertz CT molecular complexity index is 1400. The van der Waals surface area contributed by atoms with Crippen molar-refractivity contribution in [1.29, 1.82) is 0 Å².